The van der Waals surface area contributed by atoms with Crippen molar-refractivity contribution in [3.8, 4) is 17.0 Å². The minimum Gasteiger partial charge on any atom is -0.507 e. The fourth-order valence-electron chi connectivity index (χ4n) is 3.79. The molecule has 0 spiro atoms. The van der Waals surface area contributed by atoms with Crippen LogP contribution in [0.4, 0.5) is 11.5 Å². The number of aromatic hydroxyl groups is 1. The largest absolute Gasteiger partial charge is 0.507 e. The van der Waals surface area contributed by atoms with Gasteiger partial charge < -0.3 is 10.4 Å². The number of nitrogens with zero attached hydrogens (tertiary/aromatic N) is 3. The van der Waals surface area contributed by atoms with Gasteiger partial charge in [0, 0.05) is 39.2 Å². The highest BCUT2D eigenvalue weighted by atomic mass is 79.9. The van der Waals surface area contributed by atoms with E-state index in [-0.39, 0.29) is 10.8 Å². The van der Waals surface area contributed by atoms with E-state index in [1.807, 2.05) is 40.9 Å². The average Bonchev–Trinajstić information content (AvgIpc) is 3.06. The number of halogens is 1. The maximum atomic E-state index is 11.1. The Morgan fingerprint density at radius 2 is 1.53 bits per heavy atom. The van der Waals surface area contributed by atoms with Crippen molar-refractivity contribution in [2.45, 2.75) is 52.4 Å². The molecular weight excluding hydrogens is 464 g/mol. The Hall–Kier alpha value is -2.86. The molecule has 0 bridgehead atoms. The van der Waals surface area contributed by atoms with Crippen LogP contribution in [-0.2, 0) is 10.8 Å². The summed E-state index contributed by atoms with van der Waals surface area (Å²) in [5.74, 6) is 1.81. The summed E-state index contributed by atoms with van der Waals surface area (Å²) in [6.45, 7) is 12.7. The first-order chi connectivity index (χ1) is 14.9. The summed E-state index contributed by atoms with van der Waals surface area (Å²) >= 11 is 3.50. The molecule has 6 heteroatoms. The summed E-state index contributed by atoms with van der Waals surface area (Å²) in [7, 11) is 0. The molecule has 0 aliphatic heterocycles. The van der Waals surface area contributed by atoms with E-state index in [1.54, 1.807) is 6.20 Å². The lowest BCUT2D eigenvalue weighted by molar-refractivity contribution is 0.423. The lowest BCUT2D eigenvalue weighted by Crippen LogP contribution is -2.17. The minimum absolute atomic E-state index is 0.225. The van der Waals surface area contributed by atoms with E-state index in [0.717, 1.165) is 38.4 Å². The van der Waals surface area contributed by atoms with Crippen LogP contribution in [0.15, 0.2) is 59.3 Å². The van der Waals surface area contributed by atoms with E-state index in [9.17, 15) is 5.11 Å². The van der Waals surface area contributed by atoms with Crippen LogP contribution in [0.2, 0.25) is 0 Å². The molecule has 0 amide bonds. The highest BCUT2D eigenvalue weighted by Crippen LogP contribution is 2.43. The lowest BCUT2D eigenvalue weighted by atomic mass is 9.78. The molecule has 166 valence electrons. The predicted molar refractivity (Wildman–Crippen MR) is 135 cm³/mol. The third-order valence-electron chi connectivity index (χ3n) is 5.51. The van der Waals surface area contributed by atoms with Crippen molar-refractivity contribution >= 4 is 33.2 Å². The van der Waals surface area contributed by atoms with Gasteiger partial charge in [-0.05, 0) is 53.3 Å². The van der Waals surface area contributed by atoms with Gasteiger partial charge in [-0.25, -0.2) is 9.97 Å². The molecule has 0 unspecified atom stereocenters. The molecule has 0 fully saturated rings. The number of aromatic nitrogens is 3. The molecule has 32 heavy (non-hydrogen) atoms. The summed E-state index contributed by atoms with van der Waals surface area (Å²) < 4.78 is 2.98. The van der Waals surface area contributed by atoms with Crippen molar-refractivity contribution in [3.05, 3.63) is 70.5 Å². The monoisotopic (exact) mass is 492 g/mol. The number of rotatable bonds is 3. The van der Waals surface area contributed by atoms with Gasteiger partial charge in [-0.2, -0.15) is 0 Å². The van der Waals surface area contributed by atoms with Gasteiger partial charge in [0.2, 0.25) is 5.78 Å². The topological polar surface area (TPSA) is 62.5 Å². The zero-order valence-corrected chi connectivity index (χ0v) is 20.9. The predicted octanol–water partition coefficient (Wildman–Crippen LogP) is 7.20. The number of hydrogen-bond acceptors (Lipinski definition) is 4. The van der Waals surface area contributed by atoms with Crippen molar-refractivity contribution in [1.29, 1.82) is 0 Å². The first kappa shape index (κ1) is 22.3. The molecule has 2 aromatic heterocycles. The second-order valence-corrected chi connectivity index (χ2v) is 11.1. The van der Waals surface area contributed by atoms with Crippen molar-refractivity contribution in [3.63, 3.8) is 0 Å². The lowest BCUT2D eigenvalue weighted by Gasteiger charge is -2.28. The van der Waals surface area contributed by atoms with Crippen LogP contribution in [0.25, 0.3) is 17.0 Å². The number of hydrogen-bond donors (Lipinski definition) is 2. The van der Waals surface area contributed by atoms with Crippen molar-refractivity contribution in [1.82, 2.24) is 14.4 Å². The fraction of sp³-hybridized carbons (Fsp3) is 0.308. The third kappa shape index (κ3) is 4.24. The standard InChI is InChI=1S/C26H29BrN4O/c1-25(2,3)19-14-16(15-20(22(19)32)26(4,5)6)21-23(29-18-10-8-17(27)9-11-18)31-13-7-12-28-24(31)30-21/h7-15,29,32H,1-6H3. The van der Waals surface area contributed by atoms with Crippen molar-refractivity contribution in [2.75, 3.05) is 5.32 Å². The molecule has 2 heterocycles. The Morgan fingerprint density at radius 1 is 0.938 bits per heavy atom. The second-order valence-electron chi connectivity index (χ2n) is 10.2. The van der Waals surface area contributed by atoms with Gasteiger partial charge in [-0.15, -0.1) is 0 Å². The summed E-state index contributed by atoms with van der Waals surface area (Å²) in [5.41, 5.74) is 4.04. The number of anilines is 2. The Kier molecular flexibility index (Phi) is 5.53. The van der Waals surface area contributed by atoms with Gasteiger partial charge in [0.1, 0.15) is 17.3 Å². The van der Waals surface area contributed by atoms with Crippen LogP contribution in [0.5, 0.6) is 5.75 Å². The zero-order valence-electron chi connectivity index (χ0n) is 19.4. The van der Waals surface area contributed by atoms with Gasteiger partial charge in [0.15, 0.2) is 0 Å². The maximum absolute atomic E-state index is 11.1. The molecule has 2 aromatic carbocycles. The van der Waals surface area contributed by atoms with E-state index in [2.05, 4.69) is 79.9 Å². The van der Waals surface area contributed by atoms with E-state index in [0.29, 0.717) is 11.5 Å². The SMILES string of the molecule is CC(C)(C)c1cc(-c2nc3ncccn3c2Nc2ccc(Br)cc2)cc(C(C)(C)C)c1O. The number of fused-ring (bicyclic) bond motifs is 1. The summed E-state index contributed by atoms with van der Waals surface area (Å²) in [5, 5.41) is 14.7. The van der Waals surface area contributed by atoms with E-state index >= 15 is 0 Å². The minimum atomic E-state index is -0.225. The molecule has 5 nitrogen and oxygen atoms in total. The number of phenolic OH excluding ortho intramolecular Hbond substituents is 1. The molecule has 4 aromatic rings. The van der Waals surface area contributed by atoms with E-state index in [4.69, 9.17) is 4.98 Å². The van der Waals surface area contributed by atoms with Gasteiger partial charge in [0.05, 0.1) is 0 Å². The molecule has 4 rings (SSSR count). The highest BCUT2D eigenvalue weighted by Gasteiger charge is 2.28. The zero-order chi connectivity index (χ0) is 23.3. The third-order valence-corrected chi connectivity index (χ3v) is 6.04. The van der Waals surface area contributed by atoms with Crippen LogP contribution in [0.3, 0.4) is 0 Å². The smallest absolute Gasteiger partial charge is 0.235 e. The quantitative estimate of drug-likeness (QED) is 0.317. The Balaban J connectivity index is 1.98. The summed E-state index contributed by atoms with van der Waals surface area (Å²) in [6, 6.07) is 14.0. The van der Waals surface area contributed by atoms with Crippen LogP contribution >= 0.6 is 15.9 Å². The first-order valence-electron chi connectivity index (χ1n) is 10.7. The number of imidazole rings is 1. The fourth-order valence-corrected chi connectivity index (χ4v) is 4.06. The molecule has 0 radical (unpaired) electrons. The Morgan fingerprint density at radius 3 is 2.09 bits per heavy atom. The molecule has 0 saturated carbocycles. The van der Waals surface area contributed by atoms with Crippen LogP contribution in [-0.4, -0.2) is 19.5 Å². The molecule has 0 aliphatic rings. The summed E-state index contributed by atoms with van der Waals surface area (Å²) in [4.78, 5) is 9.33. The highest BCUT2D eigenvalue weighted by molar-refractivity contribution is 9.10. The van der Waals surface area contributed by atoms with Crippen LogP contribution < -0.4 is 5.32 Å². The van der Waals surface area contributed by atoms with Crippen LogP contribution in [0, 0.1) is 0 Å². The molecule has 2 N–H and O–H groups in total. The van der Waals surface area contributed by atoms with Gasteiger partial charge >= 0.3 is 0 Å². The molecule has 0 aliphatic carbocycles. The van der Waals surface area contributed by atoms with Crippen molar-refractivity contribution in [2.24, 2.45) is 0 Å². The van der Waals surface area contributed by atoms with Gasteiger partial charge in [0.25, 0.3) is 0 Å². The maximum Gasteiger partial charge on any atom is 0.235 e. The number of nitrogens with one attached hydrogen (secondary N) is 1. The summed E-state index contributed by atoms with van der Waals surface area (Å²) in [6.07, 6.45) is 3.70. The molecule has 0 saturated heterocycles. The van der Waals surface area contributed by atoms with Crippen LogP contribution in [0.1, 0.15) is 52.7 Å². The molecule has 0 atom stereocenters. The normalized spacial score (nSPS) is 12.3. The number of phenols is 1. The van der Waals surface area contributed by atoms with Gasteiger partial charge in [-0.3, -0.25) is 4.40 Å². The second kappa shape index (κ2) is 7.93. The van der Waals surface area contributed by atoms with E-state index in [1.165, 1.54) is 0 Å². The molecular formula is C26H29BrN4O. The van der Waals surface area contributed by atoms with Crippen molar-refractivity contribution < 1.29 is 5.11 Å². The first-order valence-corrected chi connectivity index (χ1v) is 11.5. The average molecular weight is 493 g/mol. The Bertz CT molecular complexity index is 1240. The Labute approximate surface area is 197 Å². The number of benzene rings is 2. The van der Waals surface area contributed by atoms with E-state index < -0.39 is 0 Å². The van der Waals surface area contributed by atoms with Gasteiger partial charge in [-0.1, -0.05) is 57.5 Å².